The second kappa shape index (κ2) is 6.03. The normalized spacial score (nSPS) is 10.3. The summed E-state index contributed by atoms with van der Waals surface area (Å²) in [6.07, 6.45) is 0. The standard InChI is InChI=1S/C14H14ClNOS/c1-17-14-8-12(16)5-2-10(14)9-18-13-6-3-11(15)4-7-13/h2-8H,9,16H2,1H3. The lowest BCUT2D eigenvalue weighted by atomic mass is 10.2. The number of nitrogen functional groups attached to an aromatic ring is 1. The average molecular weight is 280 g/mol. The first-order valence-corrected chi connectivity index (χ1v) is 6.86. The van der Waals surface area contributed by atoms with Crippen LogP contribution >= 0.6 is 23.4 Å². The van der Waals surface area contributed by atoms with Gasteiger partial charge in [-0.3, -0.25) is 0 Å². The molecular formula is C14H14ClNOS. The lowest BCUT2D eigenvalue weighted by molar-refractivity contribution is 0.411. The molecule has 2 aromatic rings. The van der Waals surface area contributed by atoms with Crippen LogP contribution in [-0.4, -0.2) is 7.11 Å². The Morgan fingerprint density at radius 2 is 1.89 bits per heavy atom. The van der Waals surface area contributed by atoms with Gasteiger partial charge >= 0.3 is 0 Å². The maximum Gasteiger partial charge on any atom is 0.124 e. The van der Waals surface area contributed by atoms with E-state index in [0.29, 0.717) is 5.69 Å². The van der Waals surface area contributed by atoms with E-state index in [9.17, 15) is 0 Å². The van der Waals surface area contributed by atoms with Crippen LogP contribution in [0.2, 0.25) is 5.02 Å². The van der Waals surface area contributed by atoms with E-state index < -0.39 is 0 Å². The van der Waals surface area contributed by atoms with Crippen molar-refractivity contribution in [1.29, 1.82) is 0 Å². The number of thioether (sulfide) groups is 1. The van der Waals surface area contributed by atoms with Crippen molar-refractivity contribution < 1.29 is 4.74 Å². The highest BCUT2D eigenvalue weighted by Crippen LogP contribution is 2.29. The molecule has 0 aliphatic heterocycles. The highest BCUT2D eigenvalue weighted by Gasteiger charge is 2.04. The zero-order valence-electron chi connectivity index (χ0n) is 10.0. The molecule has 18 heavy (non-hydrogen) atoms. The van der Waals surface area contributed by atoms with Crippen LogP contribution in [0.1, 0.15) is 5.56 Å². The lowest BCUT2D eigenvalue weighted by Gasteiger charge is -2.09. The molecular weight excluding hydrogens is 266 g/mol. The minimum Gasteiger partial charge on any atom is -0.496 e. The summed E-state index contributed by atoms with van der Waals surface area (Å²) in [7, 11) is 1.66. The van der Waals surface area contributed by atoms with Crippen LogP contribution in [0.3, 0.4) is 0 Å². The average Bonchev–Trinajstić information content (AvgIpc) is 2.39. The number of benzene rings is 2. The molecule has 0 bridgehead atoms. The smallest absolute Gasteiger partial charge is 0.124 e. The van der Waals surface area contributed by atoms with Gasteiger partial charge in [0.15, 0.2) is 0 Å². The largest absolute Gasteiger partial charge is 0.496 e. The molecule has 4 heteroatoms. The minimum absolute atomic E-state index is 0.715. The van der Waals surface area contributed by atoms with E-state index in [1.165, 1.54) is 4.90 Å². The molecule has 0 heterocycles. The molecule has 2 rings (SSSR count). The van der Waals surface area contributed by atoms with Gasteiger partial charge in [0.05, 0.1) is 7.11 Å². The Kier molecular flexibility index (Phi) is 4.39. The number of methoxy groups -OCH3 is 1. The van der Waals surface area contributed by atoms with Gasteiger partial charge in [-0.2, -0.15) is 0 Å². The predicted octanol–water partition coefficient (Wildman–Crippen LogP) is 4.22. The maximum absolute atomic E-state index is 5.85. The van der Waals surface area contributed by atoms with Crippen LogP contribution in [0.5, 0.6) is 5.75 Å². The van der Waals surface area contributed by atoms with Crippen LogP contribution < -0.4 is 10.5 Å². The topological polar surface area (TPSA) is 35.2 Å². The lowest BCUT2D eigenvalue weighted by Crippen LogP contribution is -1.93. The first-order chi connectivity index (χ1) is 8.69. The third-order valence-electron chi connectivity index (χ3n) is 2.52. The summed E-state index contributed by atoms with van der Waals surface area (Å²) >= 11 is 7.59. The van der Waals surface area contributed by atoms with Crippen molar-refractivity contribution in [2.24, 2.45) is 0 Å². The molecule has 0 aliphatic rings. The monoisotopic (exact) mass is 279 g/mol. The van der Waals surface area contributed by atoms with Gasteiger partial charge in [-0.1, -0.05) is 17.7 Å². The van der Waals surface area contributed by atoms with Gasteiger partial charge in [0.1, 0.15) is 5.75 Å². The van der Waals surface area contributed by atoms with Gasteiger partial charge in [-0.15, -0.1) is 11.8 Å². The third kappa shape index (κ3) is 3.34. The van der Waals surface area contributed by atoms with Gasteiger partial charge in [0.2, 0.25) is 0 Å². The molecule has 2 N–H and O–H groups in total. The van der Waals surface area contributed by atoms with E-state index in [-0.39, 0.29) is 0 Å². The molecule has 0 radical (unpaired) electrons. The molecule has 0 atom stereocenters. The Morgan fingerprint density at radius 1 is 1.17 bits per heavy atom. The number of hydrogen-bond acceptors (Lipinski definition) is 3. The SMILES string of the molecule is COc1cc(N)ccc1CSc1ccc(Cl)cc1. The fraction of sp³-hybridized carbons (Fsp3) is 0.143. The fourth-order valence-electron chi connectivity index (χ4n) is 1.57. The number of anilines is 1. The van der Waals surface area contributed by atoms with Gasteiger partial charge in [-0.25, -0.2) is 0 Å². The molecule has 0 saturated carbocycles. The number of nitrogens with two attached hydrogens (primary N) is 1. The van der Waals surface area contributed by atoms with Crippen molar-refractivity contribution >= 4 is 29.1 Å². The van der Waals surface area contributed by atoms with Crippen molar-refractivity contribution in [3.05, 3.63) is 53.1 Å². The molecule has 0 spiro atoms. The minimum atomic E-state index is 0.715. The summed E-state index contributed by atoms with van der Waals surface area (Å²) in [4.78, 5) is 1.18. The second-order valence-electron chi connectivity index (χ2n) is 3.81. The van der Waals surface area contributed by atoms with E-state index in [4.69, 9.17) is 22.1 Å². The maximum atomic E-state index is 5.85. The van der Waals surface area contributed by atoms with E-state index in [2.05, 4.69) is 0 Å². The van der Waals surface area contributed by atoms with E-state index in [1.807, 2.05) is 42.5 Å². The second-order valence-corrected chi connectivity index (χ2v) is 5.30. The Labute approximate surface area is 116 Å². The summed E-state index contributed by atoms with van der Waals surface area (Å²) in [6, 6.07) is 13.5. The van der Waals surface area contributed by atoms with E-state index in [1.54, 1.807) is 18.9 Å². The third-order valence-corrected chi connectivity index (χ3v) is 3.83. The number of ether oxygens (including phenoxy) is 1. The van der Waals surface area contributed by atoms with E-state index in [0.717, 1.165) is 22.1 Å². The Bertz CT molecular complexity index is 528. The zero-order chi connectivity index (χ0) is 13.0. The molecule has 0 amide bonds. The van der Waals surface area contributed by atoms with Crippen LogP contribution in [0.4, 0.5) is 5.69 Å². The fourth-order valence-corrected chi connectivity index (χ4v) is 2.59. The highest BCUT2D eigenvalue weighted by atomic mass is 35.5. The summed E-state index contributed by atoms with van der Waals surface area (Å²) < 4.78 is 5.32. The van der Waals surface area contributed by atoms with Crippen LogP contribution in [0, 0.1) is 0 Å². The summed E-state index contributed by atoms with van der Waals surface area (Å²) in [5.74, 6) is 1.67. The van der Waals surface area contributed by atoms with Gasteiger partial charge in [0.25, 0.3) is 0 Å². The van der Waals surface area contributed by atoms with Crippen LogP contribution in [0.25, 0.3) is 0 Å². The molecule has 0 unspecified atom stereocenters. The predicted molar refractivity (Wildman–Crippen MR) is 78.4 cm³/mol. The molecule has 0 fully saturated rings. The quantitative estimate of drug-likeness (QED) is 0.672. The van der Waals surface area contributed by atoms with Crippen molar-refractivity contribution in [3.8, 4) is 5.75 Å². The number of rotatable bonds is 4. The molecule has 0 aromatic heterocycles. The molecule has 2 nitrogen and oxygen atoms in total. The highest BCUT2D eigenvalue weighted by molar-refractivity contribution is 7.98. The summed E-state index contributed by atoms with van der Waals surface area (Å²) in [6.45, 7) is 0. The van der Waals surface area contributed by atoms with Crippen LogP contribution in [0.15, 0.2) is 47.4 Å². The Morgan fingerprint density at radius 3 is 2.56 bits per heavy atom. The van der Waals surface area contributed by atoms with Crippen LogP contribution in [-0.2, 0) is 5.75 Å². The van der Waals surface area contributed by atoms with Gasteiger partial charge in [0, 0.05) is 33.0 Å². The molecule has 0 aliphatic carbocycles. The molecule has 94 valence electrons. The van der Waals surface area contributed by atoms with Gasteiger partial charge < -0.3 is 10.5 Å². The Balaban J connectivity index is 2.08. The molecule has 2 aromatic carbocycles. The first-order valence-electron chi connectivity index (χ1n) is 5.50. The van der Waals surface area contributed by atoms with E-state index >= 15 is 0 Å². The zero-order valence-corrected chi connectivity index (χ0v) is 11.6. The van der Waals surface area contributed by atoms with Crippen molar-refractivity contribution in [2.45, 2.75) is 10.6 Å². The van der Waals surface area contributed by atoms with Crippen molar-refractivity contribution in [2.75, 3.05) is 12.8 Å². The summed E-state index contributed by atoms with van der Waals surface area (Å²) in [5.41, 5.74) is 7.57. The number of hydrogen-bond donors (Lipinski definition) is 1. The number of halogens is 1. The summed E-state index contributed by atoms with van der Waals surface area (Å²) in [5, 5.41) is 0.754. The Hall–Kier alpha value is -1.32. The van der Waals surface area contributed by atoms with Gasteiger partial charge in [-0.05, 0) is 30.3 Å². The van der Waals surface area contributed by atoms with Crippen molar-refractivity contribution in [1.82, 2.24) is 0 Å². The van der Waals surface area contributed by atoms with Crippen molar-refractivity contribution in [3.63, 3.8) is 0 Å². The molecule has 0 saturated heterocycles. The first kappa shape index (κ1) is 13.1.